The summed E-state index contributed by atoms with van der Waals surface area (Å²) >= 11 is 0. The van der Waals surface area contributed by atoms with E-state index in [1.807, 2.05) is 0 Å². The van der Waals surface area contributed by atoms with Gasteiger partial charge in [-0.1, -0.05) is 32.1 Å². The monoisotopic (exact) mass is 250 g/mol. The molecule has 104 valence electrons. The molecule has 1 saturated heterocycles. The summed E-state index contributed by atoms with van der Waals surface area (Å²) in [6.07, 6.45) is 15.8. The van der Waals surface area contributed by atoms with Gasteiger partial charge in [0, 0.05) is 18.1 Å². The van der Waals surface area contributed by atoms with Gasteiger partial charge >= 0.3 is 0 Å². The van der Waals surface area contributed by atoms with Crippen LogP contribution in [0.2, 0.25) is 0 Å². The first-order valence-electron chi connectivity index (χ1n) is 8.33. The molecule has 2 saturated carbocycles. The second-order valence-corrected chi connectivity index (χ2v) is 6.94. The molecular formula is C16H30N2. The molecule has 3 fully saturated rings. The van der Waals surface area contributed by atoms with Gasteiger partial charge in [0.25, 0.3) is 0 Å². The highest BCUT2D eigenvalue weighted by atomic mass is 15.3. The molecule has 18 heavy (non-hydrogen) atoms. The zero-order chi connectivity index (χ0) is 12.4. The average Bonchev–Trinajstić information content (AvgIpc) is 3.10. The third-order valence-corrected chi connectivity index (χ3v) is 6.02. The predicted octanol–water partition coefficient (Wildman–Crippen LogP) is 3.30. The molecule has 0 bridgehead atoms. The SMILES string of the molecule is NCC1(N2CCCC2C2CCCC2)CCCCC1. The van der Waals surface area contributed by atoms with E-state index < -0.39 is 0 Å². The highest BCUT2D eigenvalue weighted by Gasteiger charge is 2.44. The van der Waals surface area contributed by atoms with Crippen LogP contribution in [0.5, 0.6) is 0 Å². The quantitative estimate of drug-likeness (QED) is 0.832. The fourth-order valence-corrected chi connectivity index (χ4v) is 5.03. The van der Waals surface area contributed by atoms with Crippen molar-refractivity contribution in [2.24, 2.45) is 11.7 Å². The van der Waals surface area contributed by atoms with E-state index in [1.54, 1.807) is 0 Å². The van der Waals surface area contributed by atoms with Crippen LogP contribution < -0.4 is 5.73 Å². The fraction of sp³-hybridized carbons (Fsp3) is 1.00. The van der Waals surface area contributed by atoms with Gasteiger partial charge in [0.2, 0.25) is 0 Å². The summed E-state index contributed by atoms with van der Waals surface area (Å²) in [4.78, 5) is 2.89. The highest BCUT2D eigenvalue weighted by molar-refractivity contribution is 5.01. The Labute approximate surface area is 112 Å². The van der Waals surface area contributed by atoms with Gasteiger partial charge in [-0.15, -0.1) is 0 Å². The maximum absolute atomic E-state index is 6.24. The molecule has 2 N–H and O–H groups in total. The minimum atomic E-state index is 0.391. The van der Waals surface area contributed by atoms with E-state index in [9.17, 15) is 0 Å². The molecule has 0 aromatic rings. The van der Waals surface area contributed by atoms with E-state index in [4.69, 9.17) is 5.73 Å². The number of likely N-dealkylation sites (tertiary alicyclic amines) is 1. The Morgan fingerprint density at radius 3 is 2.28 bits per heavy atom. The van der Waals surface area contributed by atoms with Crippen LogP contribution in [0.3, 0.4) is 0 Å². The number of rotatable bonds is 3. The van der Waals surface area contributed by atoms with Gasteiger partial charge < -0.3 is 5.73 Å². The third-order valence-electron chi connectivity index (χ3n) is 6.02. The lowest BCUT2D eigenvalue weighted by Gasteiger charge is -2.48. The molecule has 2 nitrogen and oxygen atoms in total. The molecule has 1 heterocycles. The van der Waals surface area contributed by atoms with Gasteiger partial charge in [0.1, 0.15) is 0 Å². The van der Waals surface area contributed by atoms with Gasteiger partial charge in [0.15, 0.2) is 0 Å². The van der Waals surface area contributed by atoms with Crippen molar-refractivity contribution in [3.05, 3.63) is 0 Å². The van der Waals surface area contributed by atoms with Crippen LogP contribution in [0.15, 0.2) is 0 Å². The number of hydrogen-bond acceptors (Lipinski definition) is 2. The Hall–Kier alpha value is -0.0800. The third kappa shape index (κ3) is 2.22. The van der Waals surface area contributed by atoms with Crippen LogP contribution in [-0.2, 0) is 0 Å². The minimum Gasteiger partial charge on any atom is -0.329 e. The molecule has 2 aliphatic carbocycles. The fourth-order valence-electron chi connectivity index (χ4n) is 5.03. The Morgan fingerprint density at radius 1 is 0.889 bits per heavy atom. The van der Waals surface area contributed by atoms with E-state index in [-0.39, 0.29) is 0 Å². The zero-order valence-electron chi connectivity index (χ0n) is 11.9. The highest BCUT2D eigenvalue weighted by Crippen LogP contribution is 2.43. The Balaban J connectivity index is 1.75. The van der Waals surface area contributed by atoms with E-state index in [1.165, 1.54) is 77.2 Å². The molecular weight excluding hydrogens is 220 g/mol. The van der Waals surface area contributed by atoms with E-state index in [0.717, 1.165) is 18.5 Å². The lowest BCUT2D eigenvalue weighted by atomic mass is 9.78. The first-order valence-corrected chi connectivity index (χ1v) is 8.33. The lowest BCUT2D eigenvalue weighted by molar-refractivity contribution is 0.0250. The second kappa shape index (κ2) is 5.50. The summed E-state index contributed by atoms with van der Waals surface area (Å²) in [6.45, 7) is 2.23. The molecule has 0 spiro atoms. The standard InChI is InChI=1S/C16H30N2/c17-13-16(10-4-1-5-11-16)18-12-6-9-15(18)14-7-2-3-8-14/h14-15H,1-13,17H2. The molecule has 0 aromatic heterocycles. The number of nitrogens with two attached hydrogens (primary N) is 1. The number of hydrogen-bond donors (Lipinski definition) is 1. The molecule has 3 rings (SSSR count). The van der Waals surface area contributed by atoms with Crippen molar-refractivity contribution in [2.45, 2.75) is 82.2 Å². The topological polar surface area (TPSA) is 29.3 Å². The Morgan fingerprint density at radius 2 is 1.61 bits per heavy atom. The molecule has 1 unspecified atom stereocenters. The number of nitrogens with zero attached hydrogens (tertiary/aromatic N) is 1. The molecule has 0 amide bonds. The van der Waals surface area contributed by atoms with Gasteiger partial charge in [-0.2, -0.15) is 0 Å². The zero-order valence-corrected chi connectivity index (χ0v) is 11.9. The van der Waals surface area contributed by atoms with E-state index in [0.29, 0.717) is 5.54 Å². The van der Waals surface area contributed by atoms with Crippen LogP contribution >= 0.6 is 0 Å². The van der Waals surface area contributed by atoms with Gasteiger partial charge in [-0.05, 0) is 51.0 Å². The maximum atomic E-state index is 6.24. The Kier molecular flexibility index (Phi) is 3.95. The van der Waals surface area contributed by atoms with Crippen molar-refractivity contribution >= 4 is 0 Å². The molecule has 0 aromatic carbocycles. The van der Waals surface area contributed by atoms with Crippen molar-refractivity contribution < 1.29 is 0 Å². The molecule has 3 aliphatic rings. The molecule has 1 aliphatic heterocycles. The van der Waals surface area contributed by atoms with Crippen LogP contribution in [0.25, 0.3) is 0 Å². The van der Waals surface area contributed by atoms with E-state index >= 15 is 0 Å². The normalized spacial score (nSPS) is 34.2. The first-order chi connectivity index (χ1) is 8.86. The van der Waals surface area contributed by atoms with Crippen molar-refractivity contribution in [3.63, 3.8) is 0 Å². The Bertz CT molecular complexity index is 264. The summed E-state index contributed by atoms with van der Waals surface area (Å²) in [5, 5.41) is 0. The summed E-state index contributed by atoms with van der Waals surface area (Å²) in [5.41, 5.74) is 6.63. The summed E-state index contributed by atoms with van der Waals surface area (Å²) in [7, 11) is 0. The second-order valence-electron chi connectivity index (χ2n) is 6.94. The first kappa shape index (κ1) is 12.9. The lowest BCUT2D eigenvalue weighted by Crippen LogP contribution is -2.57. The average molecular weight is 250 g/mol. The van der Waals surface area contributed by atoms with Crippen LogP contribution in [0.4, 0.5) is 0 Å². The van der Waals surface area contributed by atoms with Crippen molar-refractivity contribution in [1.29, 1.82) is 0 Å². The van der Waals surface area contributed by atoms with Gasteiger partial charge in [0.05, 0.1) is 0 Å². The van der Waals surface area contributed by atoms with E-state index in [2.05, 4.69) is 4.90 Å². The predicted molar refractivity (Wildman–Crippen MR) is 76.6 cm³/mol. The molecule has 0 radical (unpaired) electrons. The van der Waals surface area contributed by atoms with Crippen molar-refractivity contribution in [2.75, 3.05) is 13.1 Å². The molecule has 2 heteroatoms. The van der Waals surface area contributed by atoms with Crippen molar-refractivity contribution in [3.8, 4) is 0 Å². The largest absolute Gasteiger partial charge is 0.329 e. The van der Waals surface area contributed by atoms with Crippen molar-refractivity contribution in [1.82, 2.24) is 4.90 Å². The maximum Gasteiger partial charge on any atom is 0.0334 e. The molecule has 1 atom stereocenters. The smallest absolute Gasteiger partial charge is 0.0334 e. The van der Waals surface area contributed by atoms with Crippen LogP contribution in [0, 0.1) is 5.92 Å². The van der Waals surface area contributed by atoms with Gasteiger partial charge in [-0.3, -0.25) is 4.90 Å². The van der Waals surface area contributed by atoms with Gasteiger partial charge in [-0.25, -0.2) is 0 Å². The summed E-state index contributed by atoms with van der Waals surface area (Å²) < 4.78 is 0. The van der Waals surface area contributed by atoms with Crippen LogP contribution in [0.1, 0.15) is 70.6 Å². The minimum absolute atomic E-state index is 0.391. The summed E-state index contributed by atoms with van der Waals surface area (Å²) in [5.74, 6) is 0.998. The van der Waals surface area contributed by atoms with Crippen LogP contribution in [-0.4, -0.2) is 29.6 Å². The summed E-state index contributed by atoms with van der Waals surface area (Å²) in [6, 6.07) is 0.883.